The van der Waals surface area contributed by atoms with Gasteiger partial charge in [-0.1, -0.05) is 30.3 Å². The number of hydrogen-bond acceptors (Lipinski definition) is 7. The molecule has 1 fully saturated rings. The van der Waals surface area contributed by atoms with E-state index in [2.05, 4.69) is 10.6 Å². The fourth-order valence-corrected chi connectivity index (χ4v) is 3.87. The van der Waals surface area contributed by atoms with E-state index in [9.17, 15) is 24.5 Å². The minimum atomic E-state index is -0.701. The molecule has 1 saturated heterocycles. The Bertz CT molecular complexity index is 1470. The Morgan fingerprint density at radius 2 is 1.85 bits per heavy atom. The summed E-state index contributed by atoms with van der Waals surface area (Å²) in [5, 5.41) is 16.2. The molecule has 11 heteroatoms. The normalized spacial score (nSPS) is 13.8. The van der Waals surface area contributed by atoms with Crippen molar-refractivity contribution in [3.8, 4) is 11.5 Å². The summed E-state index contributed by atoms with van der Waals surface area (Å²) in [5.41, 5.74) is 2.67. The van der Waals surface area contributed by atoms with Crippen molar-refractivity contribution in [3.05, 3.63) is 99.2 Å². The van der Waals surface area contributed by atoms with Crippen LogP contribution in [-0.2, 0) is 16.2 Å². The molecular formula is C28H26N4O7. The summed E-state index contributed by atoms with van der Waals surface area (Å²) in [5.74, 6) is -0.345. The van der Waals surface area contributed by atoms with Gasteiger partial charge in [0.2, 0.25) is 5.91 Å². The molecule has 4 rings (SSSR count). The number of carbonyl (C=O) groups is 3. The fourth-order valence-electron chi connectivity index (χ4n) is 3.87. The third-order valence-corrected chi connectivity index (χ3v) is 5.66. The van der Waals surface area contributed by atoms with Gasteiger partial charge < -0.3 is 20.1 Å². The molecule has 3 aromatic rings. The molecule has 0 bridgehead atoms. The van der Waals surface area contributed by atoms with Crippen LogP contribution in [0.5, 0.6) is 11.5 Å². The van der Waals surface area contributed by atoms with Gasteiger partial charge in [-0.25, -0.2) is 9.69 Å². The molecule has 11 nitrogen and oxygen atoms in total. The summed E-state index contributed by atoms with van der Waals surface area (Å²) in [4.78, 5) is 49.1. The Kier molecular flexibility index (Phi) is 8.20. The summed E-state index contributed by atoms with van der Waals surface area (Å²) in [6.07, 6.45) is 1.48. The second kappa shape index (κ2) is 11.9. The molecule has 3 aromatic carbocycles. The summed E-state index contributed by atoms with van der Waals surface area (Å²) in [6.45, 7) is 3.67. The van der Waals surface area contributed by atoms with Crippen molar-refractivity contribution in [2.24, 2.45) is 0 Å². The number of aryl methyl sites for hydroxylation is 1. The van der Waals surface area contributed by atoms with E-state index in [0.717, 1.165) is 10.5 Å². The fraction of sp³-hybridized carbons (Fsp3) is 0.179. The van der Waals surface area contributed by atoms with Crippen molar-refractivity contribution in [1.29, 1.82) is 0 Å². The van der Waals surface area contributed by atoms with E-state index in [1.165, 1.54) is 18.2 Å². The Morgan fingerprint density at radius 1 is 1.05 bits per heavy atom. The third-order valence-electron chi connectivity index (χ3n) is 5.66. The summed E-state index contributed by atoms with van der Waals surface area (Å²) >= 11 is 0. The molecule has 0 radical (unpaired) electrons. The molecule has 0 unspecified atom stereocenters. The van der Waals surface area contributed by atoms with E-state index in [-0.39, 0.29) is 18.0 Å². The zero-order valence-corrected chi connectivity index (χ0v) is 21.3. The third kappa shape index (κ3) is 6.77. The van der Waals surface area contributed by atoms with Gasteiger partial charge in [-0.15, -0.1) is 0 Å². The number of carbonyl (C=O) groups excluding carboxylic acids is 3. The Labute approximate surface area is 224 Å². The molecule has 0 atom stereocenters. The molecule has 0 aliphatic carbocycles. The lowest BCUT2D eigenvalue weighted by atomic mass is 10.1. The lowest BCUT2D eigenvalue weighted by Crippen LogP contribution is -2.38. The minimum absolute atomic E-state index is 0.0102. The Morgan fingerprint density at radius 3 is 2.59 bits per heavy atom. The van der Waals surface area contributed by atoms with Gasteiger partial charge >= 0.3 is 6.03 Å². The molecule has 1 aliphatic heterocycles. The van der Waals surface area contributed by atoms with Crippen LogP contribution in [0, 0.1) is 17.0 Å². The molecule has 0 saturated carbocycles. The lowest BCUT2D eigenvalue weighted by molar-refractivity contribution is -0.384. The highest BCUT2D eigenvalue weighted by Crippen LogP contribution is 2.31. The smallest absolute Gasteiger partial charge is 0.329 e. The van der Waals surface area contributed by atoms with Crippen LogP contribution in [0.3, 0.4) is 0 Å². The minimum Gasteiger partial charge on any atom is -0.490 e. The number of imide groups is 1. The van der Waals surface area contributed by atoms with Gasteiger partial charge in [0.15, 0.2) is 11.5 Å². The predicted molar refractivity (Wildman–Crippen MR) is 143 cm³/mol. The molecule has 1 aliphatic rings. The number of nitrogens with zero attached hydrogens (tertiary/aromatic N) is 2. The quantitative estimate of drug-likeness (QED) is 0.171. The number of non-ortho nitro benzene ring substituents is 1. The van der Waals surface area contributed by atoms with E-state index in [0.29, 0.717) is 34.9 Å². The van der Waals surface area contributed by atoms with E-state index < -0.39 is 29.3 Å². The Hall–Kier alpha value is -5.19. The van der Waals surface area contributed by atoms with Gasteiger partial charge in [-0.05, 0) is 60.9 Å². The van der Waals surface area contributed by atoms with Crippen molar-refractivity contribution in [2.45, 2.75) is 20.5 Å². The molecule has 0 spiro atoms. The van der Waals surface area contributed by atoms with Crippen LogP contribution in [0.1, 0.15) is 23.6 Å². The highest BCUT2D eigenvalue weighted by atomic mass is 16.6. The van der Waals surface area contributed by atoms with Crippen molar-refractivity contribution < 1.29 is 28.8 Å². The second-order valence-corrected chi connectivity index (χ2v) is 8.65. The molecule has 39 heavy (non-hydrogen) atoms. The predicted octanol–water partition coefficient (Wildman–Crippen LogP) is 4.41. The van der Waals surface area contributed by atoms with Crippen molar-refractivity contribution in [2.75, 3.05) is 18.5 Å². The molecule has 1 heterocycles. The molecule has 2 N–H and O–H groups in total. The standard InChI is InChI=1S/C28H26N4O7/c1-3-38-25-15-19(10-11-24(25)39-17-20-7-5-9-22(13-20)32(36)37)14-23-27(34)31(28(35)30-23)16-26(33)29-21-8-4-6-18(2)12-21/h4-15H,3,16-17H2,1-2H3,(H,29,33)(H,30,35). The lowest BCUT2D eigenvalue weighted by Gasteiger charge is -2.13. The van der Waals surface area contributed by atoms with Crippen LogP contribution in [0.15, 0.2) is 72.4 Å². The topological polar surface area (TPSA) is 140 Å². The van der Waals surface area contributed by atoms with Gasteiger partial charge in [-0.3, -0.25) is 19.7 Å². The number of hydrogen-bond donors (Lipinski definition) is 2. The number of nitrogens with one attached hydrogen (secondary N) is 2. The second-order valence-electron chi connectivity index (χ2n) is 8.65. The first-order chi connectivity index (χ1) is 18.7. The number of nitro benzene ring substituents is 1. The van der Waals surface area contributed by atoms with Crippen molar-refractivity contribution >= 4 is 35.3 Å². The van der Waals surface area contributed by atoms with Crippen LogP contribution in [0.4, 0.5) is 16.2 Å². The highest BCUT2D eigenvalue weighted by Gasteiger charge is 2.35. The average Bonchev–Trinajstić information content (AvgIpc) is 3.15. The van der Waals surface area contributed by atoms with E-state index in [1.54, 1.807) is 55.5 Å². The van der Waals surface area contributed by atoms with E-state index in [4.69, 9.17) is 9.47 Å². The maximum atomic E-state index is 12.9. The van der Waals surface area contributed by atoms with Gasteiger partial charge in [0.25, 0.3) is 11.6 Å². The average molecular weight is 531 g/mol. The zero-order chi connectivity index (χ0) is 27.9. The van der Waals surface area contributed by atoms with Crippen LogP contribution in [-0.4, -0.2) is 40.8 Å². The van der Waals surface area contributed by atoms with Crippen molar-refractivity contribution in [3.63, 3.8) is 0 Å². The summed E-state index contributed by atoms with van der Waals surface area (Å²) < 4.78 is 11.5. The largest absolute Gasteiger partial charge is 0.490 e. The van der Waals surface area contributed by atoms with Crippen LogP contribution in [0.25, 0.3) is 6.08 Å². The van der Waals surface area contributed by atoms with Gasteiger partial charge in [-0.2, -0.15) is 0 Å². The molecule has 0 aromatic heterocycles. The number of urea groups is 1. The maximum Gasteiger partial charge on any atom is 0.329 e. The number of ether oxygens (including phenoxy) is 2. The van der Waals surface area contributed by atoms with Crippen LogP contribution < -0.4 is 20.1 Å². The van der Waals surface area contributed by atoms with Gasteiger partial charge in [0.1, 0.15) is 18.8 Å². The van der Waals surface area contributed by atoms with Crippen LogP contribution >= 0.6 is 0 Å². The van der Waals surface area contributed by atoms with Gasteiger partial charge in [0.05, 0.1) is 11.5 Å². The highest BCUT2D eigenvalue weighted by molar-refractivity contribution is 6.16. The van der Waals surface area contributed by atoms with Gasteiger partial charge in [0, 0.05) is 17.8 Å². The zero-order valence-electron chi connectivity index (χ0n) is 21.3. The summed E-state index contributed by atoms with van der Waals surface area (Å²) in [6, 6.07) is 17.6. The summed E-state index contributed by atoms with van der Waals surface area (Å²) in [7, 11) is 0. The van der Waals surface area contributed by atoms with E-state index in [1.807, 2.05) is 13.0 Å². The number of nitro groups is 1. The number of benzene rings is 3. The Balaban J connectivity index is 1.45. The maximum absolute atomic E-state index is 12.9. The number of rotatable bonds is 10. The van der Waals surface area contributed by atoms with E-state index >= 15 is 0 Å². The first kappa shape index (κ1) is 26.9. The van der Waals surface area contributed by atoms with Crippen LogP contribution in [0.2, 0.25) is 0 Å². The number of amides is 4. The molecule has 200 valence electrons. The SMILES string of the molecule is CCOc1cc(C=C2NC(=O)N(CC(=O)Nc3cccc(C)c3)C2=O)ccc1OCc1cccc([N+](=O)[O-])c1. The number of anilines is 1. The molecule has 4 amide bonds. The first-order valence-electron chi connectivity index (χ1n) is 12.1. The van der Waals surface area contributed by atoms with Crippen molar-refractivity contribution in [1.82, 2.24) is 10.2 Å². The molecular weight excluding hydrogens is 504 g/mol. The first-order valence-corrected chi connectivity index (χ1v) is 12.1. The monoisotopic (exact) mass is 530 g/mol.